The fourth-order valence-corrected chi connectivity index (χ4v) is 10.5. The lowest BCUT2D eigenvalue weighted by molar-refractivity contribution is -0.265. The van der Waals surface area contributed by atoms with E-state index in [4.69, 9.17) is 28.4 Å². The van der Waals surface area contributed by atoms with Crippen LogP contribution in [0.4, 0.5) is 0 Å². The number of ether oxygens (including phenoxy) is 6. The van der Waals surface area contributed by atoms with Crippen molar-refractivity contribution in [3.05, 3.63) is 47.6 Å². The summed E-state index contributed by atoms with van der Waals surface area (Å²) in [7, 11) is 4.62. The number of aliphatic hydroxyl groups is 3. The Kier molecular flexibility index (Phi) is 22.9. The highest BCUT2D eigenvalue weighted by atomic mass is 16.6. The first-order valence-electron chi connectivity index (χ1n) is 25.0. The van der Waals surface area contributed by atoms with E-state index in [-0.39, 0.29) is 68.2 Å². The molecule has 68 heavy (non-hydrogen) atoms. The van der Waals surface area contributed by atoms with Crippen LogP contribution in [-0.4, -0.2) is 145 Å². The van der Waals surface area contributed by atoms with E-state index in [1.807, 2.05) is 58.1 Å². The molecule has 3 heterocycles. The Bertz CT molecular complexity index is 1810. The van der Waals surface area contributed by atoms with Gasteiger partial charge in [0, 0.05) is 58.5 Å². The molecule has 15 heteroatoms. The standard InChI is InChI=1S/C53H83NO14/c1-32-16-12-11-13-17-33(2)45(64-9)30-41-20-19-38(7)53(62,68-41)50(59)51(60)54-23-15-14-18-42(54)52(61)67-46(35(4)28-39-29-40(63-8)21-22-44(39)66-25-24-55)31-43(56)34(3)27-37(6)48(58)49(65-10)47(57)36(5)26-32/h11-13,16-17,27,32,34-36,38-42,44-46,48-49,55,58,62H,14-15,18-26,28-31H2,1-10H3/b13-11+,16-12-,33-17+,37-27+/t32-,34-,35-,36+,38-,39+,40+,41+,42?,44?,45+,46+,48-,49+,53-/m1/s1. The molecule has 1 aliphatic carbocycles. The molecule has 3 aliphatic heterocycles. The largest absolute Gasteiger partial charge is 0.460 e. The van der Waals surface area contributed by atoms with Crippen LogP contribution in [0.5, 0.6) is 0 Å². The topological polar surface area (TPSA) is 205 Å². The highest BCUT2D eigenvalue weighted by molar-refractivity contribution is 6.39. The highest BCUT2D eigenvalue weighted by Gasteiger charge is 2.53. The third-order valence-corrected chi connectivity index (χ3v) is 14.9. The van der Waals surface area contributed by atoms with E-state index in [0.29, 0.717) is 63.4 Å². The maximum absolute atomic E-state index is 14.5. The van der Waals surface area contributed by atoms with Gasteiger partial charge in [-0.15, -0.1) is 0 Å². The summed E-state index contributed by atoms with van der Waals surface area (Å²) in [6.07, 6.45) is 11.9. The second-order valence-corrected chi connectivity index (χ2v) is 20.1. The fourth-order valence-electron chi connectivity index (χ4n) is 10.5. The molecule has 1 amide bonds. The number of rotatable bonds is 9. The zero-order valence-electron chi connectivity index (χ0n) is 42.4. The Morgan fingerprint density at radius 1 is 0.868 bits per heavy atom. The third-order valence-electron chi connectivity index (χ3n) is 14.9. The first kappa shape index (κ1) is 57.2. The molecule has 0 radical (unpaired) electrons. The van der Waals surface area contributed by atoms with Crippen molar-refractivity contribution in [2.24, 2.45) is 35.5 Å². The molecule has 0 aromatic carbocycles. The number of ketones is 3. The third kappa shape index (κ3) is 15.3. The Morgan fingerprint density at radius 2 is 1.60 bits per heavy atom. The first-order chi connectivity index (χ1) is 32.3. The smallest absolute Gasteiger partial charge is 0.329 e. The number of methoxy groups -OCH3 is 3. The van der Waals surface area contributed by atoms with Crippen molar-refractivity contribution < 1.29 is 67.7 Å². The molecule has 0 spiro atoms. The van der Waals surface area contributed by atoms with Crippen LogP contribution in [0.2, 0.25) is 0 Å². The van der Waals surface area contributed by atoms with E-state index in [1.54, 1.807) is 41.1 Å². The summed E-state index contributed by atoms with van der Waals surface area (Å²) in [6, 6.07) is -1.16. The van der Waals surface area contributed by atoms with Gasteiger partial charge in [-0.05, 0) is 107 Å². The highest BCUT2D eigenvalue weighted by Crippen LogP contribution is 2.38. The number of hydrogen-bond donors (Lipinski definition) is 3. The molecular weight excluding hydrogens is 875 g/mol. The SMILES string of the molecule is CO[C@H]1CCC(OCCO)[C@@H](C[C@@H](C)[C@@H]2CC(=O)[C@H](C)/C=C(\C)[C@@H](O)[C@@H](OC)C(=O)[C@@H](C)C[C@H](C)\C=C/C=C/C=C(\C)[C@@H](OC)C[C@@H]3CC[C@@H](C)[C@@](O)(O3)C(=O)C(=O)N3CCCCC3C(=O)O2)C1. The predicted molar refractivity (Wildman–Crippen MR) is 256 cm³/mol. The second kappa shape index (κ2) is 27.3. The van der Waals surface area contributed by atoms with E-state index in [1.165, 1.54) is 12.0 Å². The van der Waals surface area contributed by atoms with E-state index in [0.717, 1.165) is 12.0 Å². The summed E-state index contributed by atoms with van der Waals surface area (Å²) >= 11 is 0. The molecule has 2 unspecified atom stereocenters. The minimum atomic E-state index is -2.44. The number of carbonyl (C=O) groups is 5. The molecular formula is C53H83NO14. The maximum Gasteiger partial charge on any atom is 0.329 e. The Balaban J connectivity index is 1.73. The summed E-state index contributed by atoms with van der Waals surface area (Å²) in [5.74, 6) is -8.31. The summed E-state index contributed by atoms with van der Waals surface area (Å²) in [5.41, 5.74) is 1.25. The van der Waals surface area contributed by atoms with Crippen LogP contribution >= 0.6 is 0 Å². The second-order valence-electron chi connectivity index (χ2n) is 20.1. The number of nitrogens with zero attached hydrogens (tertiary/aromatic N) is 1. The number of piperidine rings is 1. The molecule has 384 valence electrons. The van der Waals surface area contributed by atoms with Gasteiger partial charge in [-0.25, -0.2) is 4.79 Å². The van der Waals surface area contributed by atoms with Gasteiger partial charge in [0.1, 0.15) is 30.1 Å². The molecule has 2 saturated heterocycles. The minimum absolute atomic E-state index is 0.0122. The average molecular weight is 958 g/mol. The summed E-state index contributed by atoms with van der Waals surface area (Å²) in [6.45, 7) is 12.7. The molecule has 1 saturated carbocycles. The molecule has 2 bridgehead atoms. The van der Waals surface area contributed by atoms with E-state index < -0.39 is 83.7 Å². The first-order valence-corrected chi connectivity index (χ1v) is 25.0. The van der Waals surface area contributed by atoms with Crippen molar-refractivity contribution in [3.8, 4) is 0 Å². The quantitative estimate of drug-likeness (QED) is 0.134. The summed E-state index contributed by atoms with van der Waals surface area (Å²) < 4.78 is 35.7. The van der Waals surface area contributed by atoms with Gasteiger partial charge >= 0.3 is 5.97 Å². The number of aliphatic hydroxyl groups excluding tert-OH is 2. The summed E-state index contributed by atoms with van der Waals surface area (Å²) in [4.78, 5) is 72.3. The lowest BCUT2D eigenvalue weighted by Crippen LogP contribution is -2.61. The van der Waals surface area contributed by atoms with Gasteiger partial charge in [-0.2, -0.15) is 0 Å². The zero-order chi connectivity index (χ0) is 50.3. The molecule has 3 fully saturated rings. The van der Waals surface area contributed by atoms with Crippen molar-refractivity contribution in [3.63, 3.8) is 0 Å². The van der Waals surface area contributed by atoms with Gasteiger partial charge in [0.25, 0.3) is 11.7 Å². The van der Waals surface area contributed by atoms with Gasteiger partial charge in [-0.1, -0.05) is 71.1 Å². The number of allylic oxidation sites excluding steroid dienone is 6. The zero-order valence-corrected chi connectivity index (χ0v) is 42.4. The van der Waals surface area contributed by atoms with Crippen molar-refractivity contribution in [2.45, 2.75) is 180 Å². The van der Waals surface area contributed by atoms with Crippen molar-refractivity contribution >= 4 is 29.2 Å². The number of hydrogen-bond acceptors (Lipinski definition) is 14. The van der Waals surface area contributed by atoms with Crippen LogP contribution < -0.4 is 0 Å². The number of cyclic esters (lactones) is 1. The van der Waals surface area contributed by atoms with Gasteiger partial charge in [-0.3, -0.25) is 19.2 Å². The van der Waals surface area contributed by atoms with Gasteiger partial charge < -0.3 is 48.6 Å². The number of amides is 1. The fraction of sp³-hybridized carbons (Fsp3) is 0.755. The van der Waals surface area contributed by atoms with Crippen molar-refractivity contribution in [2.75, 3.05) is 41.1 Å². The molecule has 15 atom stereocenters. The van der Waals surface area contributed by atoms with E-state index in [2.05, 4.69) is 0 Å². The average Bonchev–Trinajstić information content (AvgIpc) is 3.32. The van der Waals surface area contributed by atoms with Crippen LogP contribution in [0.15, 0.2) is 47.6 Å². The van der Waals surface area contributed by atoms with Gasteiger partial charge in [0.15, 0.2) is 5.78 Å². The van der Waals surface area contributed by atoms with Crippen LogP contribution in [0.1, 0.15) is 126 Å². The number of fused-ring (bicyclic) bond motifs is 3. The van der Waals surface area contributed by atoms with Crippen molar-refractivity contribution in [1.29, 1.82) is 0 Å². The number of esters is 1. The molecule has 0 aromatic rings. The maximum atomic E-state index is 14.5. The van der Waals surface area contributed by atoms with Crippen LogP contribution in [0.25, 0.3) is 0 Å². The van der Waals surface area contributed by atoms with Gasteiger partial charge in [0.2, 0.25) is 5.79 Å². The molecule has 0 aromatic heterocycles. The molecule has 3 N–H and O–H groups in total. The van der Waals surface area contributed by atoms with Crippen LogP contribution in [-0.2, 0) is 52.4 Å². The lowest BCUT2D eigenvalue weighted by Gasteiger charge is -2.42. The minimum Gasteiger partial charge on any atom is -0.460 e. The predicted octanol–water partition coefficient (Wildman–Crippen LogP) is 6.20. The molecule has 15 nitrogen and oxygen atoms in total. The Labute approximate surface area is 405 Å². The Hall–Kier alpha value is -3.41. The van der Waals surface area contributed by atoms with Gasteiger partial charge in [0.05, 0.1) is 37.6 Å². The van der Waals surface area contributed by atoms with E-state index in [9.17, 15) is 39.3 Å². The van der Waals surface area contributed by atoms with Crippen molar-refractivity contribution in [1.82, 2.24) is 4.90 Å². The summed E-state index contributed by atoms with van der Waals surface area (Å²) in [5, 5.41) is 33.0. The molecule has 4 aliphatic rings. The van der Waals surface area contributed by atoms with Crippen LogP contribution in [0, 0.1) is 35.5 Å². The number of carbonyl (C=O) groups excluding carboxylic acids is 5. The van der Waals surface area contributed by atoms with E-state index >= 15 is 0 Å². The molecule has 4 rings (SSSR count). The lowest BCUT2D eigenvalue weighted by atomic mass is 9.77. The van der Waals surface area contributed by atoms with Crippen LogP contribution in [0.3, 0.4) is 0 Å². The number of Topliss-reactive ketones (excluding diaryl/α,β-unsaturated/α-hetero) is 3. The monoisotopic (exact) mass is 958 g/mol. The normalized spacial score (nSPS) is 39.2. The Morgan fingerprint density at radius 3 is 2.28 bits per heavy atom.